The largest absolute Gasteiger partial charge is 0.376 e. The molecule has 1 heterocycles. The molecular weight excluding hydrogens is 360 g/mol. The number of nitrogens with one attached hydrogen (secondary N) is 2. The molecule has 0 unspecified atom stereocenters. The molecule has 27 heavy (non-hydrogen) atoms. The van der Waals surface area contributed by atoms with E-state index in [1.807, 2.05) is 18.2 Å². The maximum Gasteiger partial charge on any atom is 0.244 e. The molecule has 6 heteroatoms. The number of nitrogens with zero attached hydrogens (tertiary/aromatic N) is 2. The van der Waals surface area contributed by atoms with Gasteiger partial charge in [-0.2, -0.15) is 0 Å². The summed E-state index contributed by atoms with van der Waals surface area (Å²) in [5.41, 5.74) is 2.21. The molecule has 2 N–H and O–H groups in total. The summed E-state index contributed by atoms with van der Waals surface area (Å²) in [4.78, 5) is 18.7. The number of hydrogen-bond donors (Lipinski definition) is 2. The lowest BCUT2D eigenvalue weighted by molar-refractivity contribution is -0.114. The van der Waals surface area contributed by atoms with Gasteiger partial charge in [0.2, 0.25) is 5.91 Å². The highest BCUT2D eigenvalue weighted by molar-refractivity contribution is 6.30. The Hall–Kier alpha value is -2.11. The van der Waals surface area contributed by atoms with Crippen LogP contribution in [0.1, 0.15) is 37.7 Å². The number of carbonyl (C=O) groups excluding carboxylic acids is 1. The SMILES string of the molecule is CN(Cc1ccccc1NCC(=O)Nc1ccc(Cl)cn1)C1CCCCC1. The molecule has 1 fully saturated rings. The van der Waals surface area contributed by atoms with E-state index < -0.39 is 0 Å². The van der Waals surface area contributed by atoms with E-state index in [2.05, 4.69) is 33.6 Å². The van der Waals surface area contributed by atoms with Crippen molar-refractivity contribution in [1.82, 2.24) is 9.88 Å². The second-order valence-corrected chi connectivity index (χ2v) is 7.56. The molecule has 3 rings (SSSR count). The Bertz CT molecular complexity index is 744. The van der Waals surface area contributed by atoms with E-state index in [4.69, 9.17) is 11.6 Å². The molecule has 0 bridgehead atoms. The zero-order valence-electron chi connectivity index (χ0n) is 15.7. The number of pyridine rings is 1. The Morgan fingerprint density at radius 1 is 1.19 bits per heavy atom. The molecule has 1 amide bonds. The maximum absolute atomic E-state index is 12.2. The summed E-state index contributed by atoms with van der Waals surface area (Å²) in [5.74, 6) is 0.358. The average molecular weight is 387 g/mol. The minimum absolute atomic E-state index is 0.139. The predicted molar refractivity (Wildman–Crippen MR) is 111 cm³/mol. The lowest BCUT2D eigenvalue weighted by Crippen LogP contribution is -2.33. The Kier molecular flexibility index (Phi) is 7.07. The number of benzene rings is 1. The van der Waals surface area contributed by atoms with Crippen LogP contribution in [0.4, 0.5) is 11.5 Å². The Balaban J connectivity index is 1.55. The third kappa shape index (κ3) is 5.94. The molecule has 144 valence electrons. The number of hydrogen-bond acceptors (Lipinski definition) is 4. The summed E-state index contributed by atoms with van der Waals surface area (Å²) in [5, 5.41) is 6.57. The van der Waals surface area contributed by atoms with Crippen LogP contribution in [-0.2, 0) is 11.3 Å². The standard InChI is InChI=1S/C21H27ClN4O/c1-26(18-8-3-2-4-9-18)15-16-7-5-6-10-19(16)23-14-21(27)25-20-12-11-17(22)13-24-20/h5-7,10-13,18,23H,2-4,8-9,14-15H2,1H3,(H,24,25,27). The van der Waals surface area contributed by atoms with Crippen molar-refractivity contribution in [3.05, 3.63) is 53.2 Å². The second kappa shape index (κ2) is 9.72. The van der Waals surface area contributed by atoms with E-state index in [0.717, 1.165) is 12.2 Å². The number of halogens is 1. The highest BCUT2D eigenvalue weighted by atomic mass is 35.5. The van der Waals surface area contributed by atoms with Crippen LogP contribution in [0.25, 0.3) is 0 Å². The first-order valence-electron chi connectivity index (χ1n) is 9.55. The summed E-state index contributed by atoms with van der Waals surface area (Å²) in [6.07, 6.45) is 8.09. The maximum atomic E-state index is 12.2. The zero-order chi connectivity index (χ0) is 19.1. The van der Waals surface area contributed by atoms with Gasteiger partial charge in [-0.15, -0.1) is 0 Å². The lowest BCUT2D eigenvalue weighted by Gasteiger charge is -2.31. The number of rotatable bonds is 7. The van der Waals surface area contributed by atoms with Gasteiger partial charge >= 0.3 is 0 Å². The van der Waals surface area contributed by atoms with E-state index in [1.54, 1.807) is 12.1 Å². The van der Waals surface area contributed by atoms with Crippen LogP contribution in [0.3, 0.4) is 0 Å². The van der Waals surface area contributed by atoms with Crippen molar-refractivity contribution in [2.75, 3.05) is 24.2 Å². The molecule has 1 aliphatic rings. The van der Waals surface area contributed by atoms with Crippen LogP contribution in [0, 0.1) is 0 Å². The molecule has 1 aromatic heterocycles. The van der Waals surface area contributed by atoms with Crippen molar-refractivity contribution in [2.45, 2.75) is 44.7 Å². The van der Waals surface area contributed by atoms with Crippen LogP contribution in [-0.4, -0.2) is 35.4 Å². The first kappa shape index (κ1) is 19.6. The number of aromatic nitrogens is 1. The minimum atomic E-state index is -0.139. The molecule has 0 aliphatic heterocycles. The van der Waals surface area contributed by atoms with Gasteiger partial charge in [0.1, 0.15) is 5.82 Å². The van der Waals surface area contributed by atoms with E-state index in [0.29, 0.717) is 16.9 Å². The molecule has 0 spiro atoms. The molecule has 0 atom stereocenters. The molecule has 1 saturated carbocycles. The number of para-hydroxylation sites is 1. The molecule has 2 aromatic rings. The highest BCUT2D eigenvalue weighted by Gasteiger charge is 2.18. The van der Waals surface area contributed by atoms with Crippen LogP contribution in [0.2, 0.25) is 5.02 Å². The van der Waals surface area contributed by atoms with Gasteiger partial charge in [-0.05, 0) is 43.7 Å². The first-order valence-corrected chi connectivity index (χ1v) is 9.93. The summed E-state index contributed by atoms with van der Waals surface area (Å²) >= 11 is 5.81. The third-order valence-corrected chi connectivity index (χ3v) is 5.29. The van der Waals surface area contributed by atoms with Gasteiger partial charge in [-0.25, -0.2) is 4.98 Å². The third-order valence-electron chi connectivity index (χ3n) is 5.07. The minimum Gasteiger partial charge on any atom is -0.376 e. The number of amides is 1. The van der Waals surface area contributed by atoms with Gasteiger partial charge < -0.3 is 10.6 Å². The first-order chi connectivity index (χ1) is 13.1. The lowest BCUT2D eigenvalue weighted by atomic mass is 9.94. The zero-order valence-corrected chi connectivity index (χ0v) is 16.5. The Labute approximate surface area is 166 Å². The van der Waals surface area contributed by atoms with Crippen LogP contribution in [0.5, 0.6) is 0 Å². The number of anilines is 2. The highest BCUT2D eigenvalue weighted by Crippen LogP contribution is 2.24. The summed E-state index contributed by atoms with van der Waals surface area (Å²) in [6, 6.07) is 12.2. The van der Waals surface area contributed by atoms with Crippen LogP contribution < -0.4 is 10.6 Å². The monoisotopic (exact) mass is 386 g/mol. The van der Waals surface area contributed by atoms with Gasteiger partial charge in [0.25, 0.3) is 0 Å². The average Bonchev–Trinajstić information content (AvgIpc) is 2.70. The fraction of sp³-hybridized carbons (Fsp3) is 0.429. The summed E-state index contributed by atoms with van der Waals surface area (Å²) in [6.45, 7) is 1.07. The summed E-state index contributed by atoms with van der Waals surface area (Å²) in [7, 11) is 2.20. The molecule has 5 nitrogen and oxygen atoms in total. The molecule has 0 saturated heterocycles. The van der Waals surface area contributed by atoms with Crippen molar-refractivity contribution in [2.24, 2.45) is 0 Å². The van der Waals surface area contributed by atoms with Crippen molar-refractivity contribution < 1.29 is 4.79 Å². The normalized spacial score (nSPS) is 14.9. The van der Waals surface area contributed by atoms with Gasteiger partial charge in [0.15, 0.2) is 0 Å². The van der Waals surface area contributed by atoms with Gasteiger partial charge in [0, 0.05) is 24.5 Å². The molecule has 1 aliphatic carbocycles. The van der Waals surface area contributed by atoms with Crippen molar-refractivity contribution >= 4 is 29.0 Å². The topological polar surface area (TPSA) is 57.3 Å². The van der Waals surface area contributed by atoms with Crippen LogP contribution in [0.15, 0.2) is 42.6 Å². The smallest absolute Gasteiger partial charge is 0.244 e. The quantitative estimate of drug-likeness (QED) is 0.732. The number of carbonyl (C=O) groups is 1. The van der Waals surface area contributed by atoms with Gasteiger partial charge in [-0.1, -0.05) is 49.1 Å². The van der Waals surface area contributed by atoms with E-state index in [1.165, 1.54) is 43.9 Å². The predicted octanol–water partition coefficient (Wildman–Crippen LogP) is 4.55. The fourth-order valence-corrected chi connectivity index (χ4v) is 3.67. The van der Waals surface area contributed by atoms with E-state index in [9.17, 15) is 4.79 Å². The second-order valence-electron chi connectivity index (χ2n) is 7.13. The van der Waals surface area contributed by atoms with Crippen molar-refractivity contribution in [3.63, 3.8) is 0 Å². The van der Waals surface area contributed by atoms with E-state index in [-0.39, 0.29) is 12.5 Å². The molecular formula is C21H27ClN4O. The molecule has 1 aromatic carbocycles. The van der Waals surface area contributed by atoms with Gasteiger partial charge in [-0.3, -0.25) is 9.69 Å². The molecule has 0 radical (unpaired) electrons. The van der Waals surface area contributed by atoms with Crippen LogP contribution >= 0.6 is 11.6 Å². The Morgan fingerprint density at radius 3 is 2.70 bits per heavy atom. The van der Waals surface area contributed by atoms with E-state index >= 15 is 0 Å². The fourth-order valence-electron chi connectivity index (χ4n) is 3.56. The van der Waals surface area contributed by atoms with Crippen molar-refractivity contribution in [3.8, 4) is 0 Å². The van der Waals surface area contributed by atoms with Gasteiger partial charge in [0.05, 0.1) is 11.6 Å². The summed E-state index contributed by atoms with van der Waals surface area (Å²) < 4.78 is 0. The van der Waals surface area contributed by atoms with Crippen molar-refractivity contribution in [1.29, 1.82) is 0 Å². The Morgan fingerprint density at radius 2 is 1.96 bits per heavy atom.